The van der Waals surface area contributed by atoms with Crippen LogP contribution in [0.1, 0.15) is 29.7 Å². The maximum Gasteiger partial charge on any atom is 0.408 e. The van der Waals surface area contributed by atoms with E-state index < -0.39 is 18.0 Å². The second kappa shape index (κ2) is 11.5. The summed E-state index contributed by atoms with van der Waals surface area (Å²) < 4.78 is 10.8. The van der Waals surface area contributed by atoms with E-state index in [0.717, 1.165) is 11.1 Å². The summed E-state index contributed by atoms with van der Waals surface area (Å²) >= 11 is 0. The zero-order valence-corrected chi connectivity index (χ0v) is 17.9. The van der Waals surface area contributed by atoms with Gasteiger partial charge >= 0.3 is 6.09 Å². The standard InChI is InChI=1S/C25H27N3O4/c1-2-31-22-13-11-20(12-14-22)23(24(29)27-21-10-6-9-19(15-21)16-26)28-25(30)32-17-18-7-4-3-5-8-18/h3-15,23H,2,16-17,26H2,1H3,(H,27,29)(H,28,30)/t23-/m1/s1. The first-order chi connectivity index (χ1) is 15.6. The van der Waals surface area contributed by atoms with Crippen molar-refractivity contribution < 1.29 is 19.1 Å². The Hall–Kier alpha value is -3.84. The number of carbonyl (C=O) groups excluding carboxylic acids is 2. The summed E-state index contributed by atoms with van der Waals surface area (Å²) in [4.78, 5) is 25.6. The first-order valence-corrected chi connectivity index (χ1v) is 10.4. The SMILES string of the molecule is CCOc1ccc([C@@H](NC(=O)OCc2ccccc2)C(=O)Nc2cccc(CN)c2)cc1. The molecule has 7 nitrogen and oxygen atoms in total. The lowest BCUT2D eigenvalue weighted by molar-refractivity contribution is -0.118. The number of hydrogen-bond donors (Lipinski definition) is 3. The van der Waals surface area contributed by atoms with Crippen molar-refractivity contribution in [1.82, 2.24) is 5.32 Å². The number of carbonyl (C=O) groups is 2. The van der Waals surface area contributed by atoms with Crippen molar-refractivity contribution in [2.45, 2.75) is 26.1 Å². The van der Waals surface area contributed by atoms with E-state index in [4.69, 9.17) is 15.2 Å². The van der Waals surface area contributed by atoms with E-state index in [1.54, 1.807) is 36.4 Å². The Morgan fingerprint density at radius 3 is 2.34 bits per heavy atom. The molecule has 0 saturated heterocycles. The van der Waals surface area contributed by atoms with Gasteiger partial charge in [0.05, 0.1) is 6.61 Å². The first-order valence-electron chi connectivity index (χ1n) is 10.4. The summed E-state index contributed by atoms with van der Waals surface area (Å²) in [6, 6.07) is 22.6. The Morgan fingerprint density at radius 2 is 1.66 bits per heavy atom. The largest absolute Gasteiger partial charge is 0.494 e. The molecule has 0 radical (unpaired) electrons. The molecule has 0 unspecified atom stereocenters. The highest BCUT2D eigenvalue weighted by Crippen LogP contribution is 2.21. The lowest BCUT2D eigenvalue weighted by Gasteiger charge is -2.19. The topological polar surface area (TPSA) is 103 Å². The van der Waals surface area contributed by atoms with E-state index >= 15 is 0 Å². The minimum absolute atomic E-state index is 0.100. The number of benzene rings is 3. The van der Waals surface area contributed by atoms with Crippen LogP contribution in [0.3, 0.4) is 0 Å². The zero-order valence-electron chi connectivity index (χ0n) is 17.9. The number of nitrogens with two attached hydrogens (primary N) is 1. The molecule has 0 fully saturated rings. The van der Waals surface area contributed by atoms with Crippen LogP contribution >= 0.6 is 0 Å². The fourth-order valence-electron chi connectivity index (χ4n) is 3.10. The van der Waals surface area contributed by atoms with Crippen LogP contribution in [0.25, 0.3) is 0 Å². The lowest BCUT2D eigenvalue weighted by atomic mass is 10.1. The van der Waals surface area contributed by atoms with Crippen LogP contribution in [0, 0.1) is 0 Å². The van der Waals surface area contributed by atoms with Gasteiger partial charge in [-0.2, -0.15) is 0 Å². The molecule has 0 spiro atoms. The smallest absolute Gasteiger partial charge is 0.408 e. The fraction of sp³-hybridized carbons (Fsp3) is 0.200. The Bertz CT molecular complexity index is 1020. The van der Waals surface area contributed by atoms with Gasteiger partial charge in [0.1, 0.15) is 18.4 Å². The number of anilines is 1. The highest BCUT2D eigenvalue weighted by atomic mass is 16.5. The van der Waals surface area contributed by atoms with Gasteiger partial charge in [-0.3, -0.25) is 4.79 Å². The van der Waals surface area contributed by atoms with Crippen molar-refractivity contribution in [2.75, 3.05) is 11.9 Å². The van der Waals surface area contributed by atoms with Crippen molar-refractivity contribution >= 4 is 17.7 Å². The van der Waals surface area contributed by atoms with E-state index in [9.17, 15) is 9.59 Å². The maximum absolute atomic E-state index is 13.1. The summed E-state index contributed by atoms with van der Waals surface area (Å²) in [7, 11) is 0. The number of amides is 2. The molecular weight excluding hydrogens is 406 g/mol. The van der Waals surface area contributed by atoms with E-state index in [1.165, 1.54) is 0 Å². The van der Waals surface area contributed by atoms with E-state index in [0.29, 0.717) is 30.2 Å². The number of alkyl carbamates (subject to hydrolysis) is 1. The van der Waals surface area contributed by atoms with Crippen LogP contribution < -0.4 is 21.1 Å². The van der Waals surface area contributed by atoms with Gasteiger partial charge < -0.3 is 25.8 Å². The van der Waals surface area contributed by atoms with E-state index in [1.807, 2.05) is 49.4 Å². The predicted octanol–water partition coefficient (Wildman–Crippen LogP) is 4.15. The van der Waals surface area contributed by atoms with Gasteiger partial charge in [0, 0.05) is 12.2 Å². The number of rotatable bonds is 9. The first kappa shape index (κ1) is 22.8. The average molecular weight is 434 g/mol. The molecular formula is C25H27N3O4. The summed E-state index contributed by atoms with van der Waals surface area (Å²) in [6.07, 6.45) is -0.696. The summed E-state index contributed by atoms with van der Waals surface area (Å²) in [6.45, 7) is 2.88. The molecule has 32 heavy (non-hydrogen) atoms. The minimum atomic E-state index is -0.963. The molecule has 0 saturated carbocycles. The molecule has 3 aromatic rings. The Morgan fingerprint density at radius 1 is 0.938 bits per heavy atom. The molecule has 7 heteroatoms. The molecule has 1 atom stereocenters. The quantitative estimate of drug-likeness (QED) is 0.470. The van der Waals surface area contributed by atoms with Crippen LogP contribution in [0.15, 0.2) is 78.9 Å². The minimum Gasteiger partial charge on any atom is -0.494 e. The highest BCUT2D eigenvalue weighted by molar-refractivity contribution is 5.97. The monoisotopic (exact) mass is 433 g/mol. The molecule has 0 aliphatic rings. The molecule has 0 aliphatic carbocycles. The van der Waals surface area contributed by atoms with Crippen molar-refractivity contribution in [2.24, 2.45) is 5.73 Å². The van der Waals surface area contributed by atoms with Crippen LogP contribution in [0.4, 0.5) is 10.5 Å². The molecule has 0 aliphatic heterocycles. The molecule has 2 amide bonds. The molecule has 3 rings (SSSR count). The maximum atomic E-state index is 13.1. The second-order valence-electron chi connectivity index (χ2n) is 7.03. The van der Waals surface area contributed by atoms with Gasteiger partial charge in [0.25, 0.3) is 5.91 Å². The molecule has 4 N–H and O–H groups in total. The molecule has 166 valence electrons. The lowest BCUT2D eigenvalue weighted by Crippen LogP contribution is -2.37. The predicted molar refractivity (Wildman–Crippen MR) is 123 cm³/mol. The van der Waals surface area contributed by atoms with Gasteiger partial charge in [-0.15, -0.1) is 0 Å². The summed E-state index contributed by atoms with van der Waals surface area (Å²) in [5.74, 6) is 0.276. The van der Waals surface area contributed by atoms with Crippen LogP contribution in [-0.4, -0.2) is 18.6 Å². The van der Waals surface area contributed by atoms with Gasteiger partial charge in [-0.25, -0.2) is 4.79 Å². The van der Waals surface area contributed by atoms with Gasteiger partial charge in [0.15, 0.2) is 0 Å². The Kier molecular flexibility index (Phi) is 8.22. The number of nitrogens with one attached hydrogen (secondary N) is 2. The Balaban J connectivity index is 1.75. The van der Waals surface area contributed by atoms with Crippen LogP contribution in [0.5, 0.6) is 5.75 Å². The third kappa shape index (κ3) is 6.58. The van der Waals surface area contributed by atoms with Crippen molar-refractivity contribution in [3.8, 4) is 5.75 Å². The van der Waals surface area contributed by atoms with Crippen molar-refractivity contribution in [1.29, 1.82) is 0 Å². The summed E-state index contributed by atoms with van der Waals surface area (Å²) in [5, 5.41) is 5.50. The number of ether oxygens (including phenoxy) is 2. The average Bonchev–Trinajstić information content (AvgIpc) is 2.83. The highest BCUT2D eigenvalue weighted by Gasteiger charge is 2.24. The summed E-state index contributed by atoms with van der Waals surface area (Å²) in [5.41, 5.74) is 8.61. The molecule has 0 aromatic heterocycles. The molecule has 0 heterocycles. The molecule has 3 aromatic carbocycles. The van der Waals surface area contributed by atoms with E-state index in [2.05, 4.69) is 10.6 Å². The van der Waals surface area contributed by atoms with Crippen LogP contribution in [-0.2, 0) is 22.7 Å². The third-order valence-corrected chi connectivity index (χ3v) is 4.69. The van der Waals surface area contributed by atoms with Crippen molar-refractivity contribution in [3.63, 3.8) is 0 Å². The Labute approximate surface area is 187 Å². The zero-order chi connectivity index (χ0) is 22.8. The van der Waals surface area contributed by atoms with Crippen LogP contribution in [0.2, 0.25) is 0 Å². The molecule has 0 bridgehead atoms. The second-order valence-corrected chi connectivity index (χ2v) is 7.03. The van der Waals surface area contributed by atoms with Gasteiger partial charge in [-0.1, -0.05) is 54.6 Å². The third-order valence-electron chi connectivity index (χ3n) is 4.69. The fourth-order valence-corrected chi connectivity index (χ4v) is 3.10. The van der Waals surface area contributed by atoms with E-state index in [-0.39, 0.29) is 6.61 Å². The van der Waals surface area contributed by atoms with Crippen molar-refractivity contribution in [3.05, 3.63) is 95.6 Å². The normalized spacial score (nSPS) is 11.3. The van der Waals surface area contributed by atoms with Gasteiger partial charge in [0.2, 0.25) is 0 Å². The van der Waals surface area contributed by atoms with Gasteiger partial charge in [-0.05, 0) is 47.9 Å². The number of hydrogen-bond acceptors (Lipinski definition) is 5.